The SMILES string of the molecule is C=CCOC[C@H](O)CN(CCOC)Cc1c(-c2ccccc2)nn(C)c1Oc1ccc(OC)cc1. The van der Waals surface area contributed by atoms with E-state index in [1.54, 1.807) is 25.0 Å². The zero-order chi connectivity index (χ0) is 25.0. The number of hydrogen-bond acceptors (Lipinski definition) is 7. The molecule has 1 N–H and O–H groups in total. The van der Waals surface area contributed by atoms with Gasteiger partial charge in [-0.3, -0.25) is 4.90 Å². The van der Waals surface area contributed by atoms with Crippen LogP contribution in [0.2, 0.25) is 0 Å². The van der Waals surface area contributed by atoms with Crippen LogP contribution in [0.3, 0.4) is 0 Å². The van der Waals surface area contributed by atoms with Crippen molar-refractivity contribution in [2.75, 3.05) is 47.1 Å². The molecular weight excluding hydrogens is 446 g/mol. The number of ether oxygens (including phenoxy) is 4. The summed E-state index contributed by atoms with van der Waals surface area (Å²) < 4.78 is 24.1. The Balaban J connectivity index is 1.92. The minimum atomic E-state index is -0.658. The molecule has 1 atom stereocenters. The fourth-order valence-corrected chi connectivity index (χ4v) is 3.72. The number of aryl methyl sites for hydroxylation is 1. The van der Waals surface area contributed by atoms with Gasteiger partial charge < -0.3 is 24.1 Å². The Morgan fingerprint density at radius 1 is 1.09 bits per heavy atom. The van der Waals surface area contributed by atoms with E-state index < -0.39 is 6.10 Å². The third-order valence-corrected chi connectivity index (χ3v) is 5.42. The summed E-state index contributed by atoms with van der Waals surface area (Å²) in [5, 5.41) is 15.4. The molecule has 1 heterocycles. The lowest BCUT2D eigenvalue weighted by Crippen LogP contribution is -2.36. The van der Waals surface area contributed by atoms with Crippen LogP contribution in [0.15, 0.2) is 67.3 Å². The molecule has 0 saturated carbocycles. The van der Waals surface area contributed by atoms with E-state index in [1.165, 1.54) is 0 Å². The van der Waals surface area contributed by atoms with Crippen molar-refractivity contribution in [2.45, 2.75) is 12.6 Å². The van der Waals surface area contributed by atoms with Crippen LogP contribution in [0.1, 0.15) is 5.56 Å². The van der Waals surface area contributed by atoms with Gasteiger partial charge in [-0.2, -0.15) is 5.10 Å². The number of methoxy groups -OCH3 is 2. The molecule has 35 heavy (non-hydrogen) atoms. The van der Waals surface area contributed by atoms with Gasteiger partial charge in [0.1, 0.15) is 17.2 Å². The number of aromatic nitrogens is 2. The Kier molecular flexibility index (Phi) is 10.3. The topological polar surface area (TPSA) is 78.2 Å². The lowest BCUT2D eigenvalue weighted by Gasteiger charge is -2.25. The van der Waals surface area contributed by atoms with E-state index >= 15 is 0 Å². The minimum absolute atomic E-state index is 0.225. The van der Waals surface area contributed by atoms with Crippen molar-refractivity contribution in [2.24, 2.45) is 7.05 Å². The molecule has 2 aromatic carbocycles. The third kappa shape index (κ3) is 7.66. The predicted octanol–water partition coefficient (Wildman–Crippen LogP) is 3.90. The molecule has 188 valence electrons. The average molecular weight is 482 g/mol. The van der Waals surface area contributed by atoms with E-state index in [0.29, 0.717) is 44.5 Å². The number of aliphatic hydroxyl groups is 1. The predicted molar refractivity (Wildman–Crippen MR) is 136 cm³/mol. The molecule has 1 aromatic heterocycles. The van der Waals surface area contributed by atoms with Crippen LogP contribution in [0.25, 0.3) is 11.3 Å². The molecule has 3 aromatic rings. The van der Waals surface area contributed by atoms with E-state index in [-0.39, 0.29) is 6.61 Å². The first-order valence-corrected chi connectivity index (χ1v) is 11.6. The monoisotopic (exact) mass is 481 g/mol. The molecule has 8 nitrogen and oxygen atoms in total. The second-order valence-corrected chi connectivity index (χ2v) is 8.11. The zero-order valence-electron chi connectivity index (χ0n) is 20.7. The smallest absolute Gasteiger partial charge is 0.222 e. The number of rotatable bonds is 15. The van der Waals surface area contributed by atoms with E-state index in [1.807, 2.05) is 61.6 Å². The fourth-order valence-electron chi connectivity index (χ4n) is 3.72. The average Bonchev–Trinajstić information content (AvgIpc) is 3.18. The molecular formula is C27H35N3O5. The van der Waals surface area contributed by atoms with Gasteiger partial charge in [-0.05, 0) is 24.3 Å². The maximum atomic E-state index is 10.6. The van der Waals surface area contributed by atoms with Gasteiger partial charge in [-0.25, -0.2) is 4.68 Å². The van der Waals surface area contributed by atoms with Crippen molar-refractivity contribution >= 4 is 0 Å². The number of aliphatic hydroxyl groups excluding tert-OH is 1. The van der Waals surface area contributed by atoms with Crippen molar-refractivity contribution in [1.29, 1.82) is 0 Å². The number of benzene rings is 2. The van der Waals surface area contributed by atoms with Gasteiger partial charge in [-0.15, -0.1) is 6.58 Å². The zero-order valence-corrected chi connectivity index (χ0v) is 20.7. The van der Waals surface area contributed by atoms with Crippen molar-refractivity contribution in [3.63, 3.8) is 0 Å². The highest BCUT2D eigenvalue weighted by Gasteiger charge is 2.23. The summed E-state index contributed by atoms with van der Waals surface area (Å²) in [6.07, 6.45) is 1.01. The molecule has 0 aliphatic heterocycles. The maximum Gasteiger partial charge on any atom is 0.222 e. The standard InChI is InChI=1S/C27H35N3O5/c1-5-16-34-20-22(31)18-30(15-17-32-3)19-25-26(21-9-7-6-8-10-21)28-29(2)27(25)35-24-13-11-23(33-4)12-14-24/h5-14,22,31H,1,15-20H2,2-4H3/t22-/m1/s1. The molecule has 0 bridgehead atoms. The second kappa shape index (κ2) is 13.7. The van der Waals surface area contributed by atoms with Crippen LogP contribution in [0.4, 0.5) is 0 Å². The van der Waals surface area contributed by atoms with Crippen molar-refractivity contribution < 1.29 is 24.1 Å². The number of hydrogen-bond donors (Lipinski definition) is 1. The van der Waals surface area contributed by atoms with E-state index in [4.69, 9.17) is 24.0 Å². The Hall–Kier alpha value is -3.17. The normalized spacial score (nSPS) is 12.0. The summed E-state index contributed by atoms with van der Waals surface area (Å²) in [6.45, 7) is 6.33. The second-order valence-electron chi connectivity index (χ2n) is 8.11. The van der Waals surface area contributed by atoms with E-state index in [2.05, 4.69) is 11.5 Å². The highest BCUT2D eigenvalue weighted by Crippen LogP contribution is 2.34. The Morgan fingerprint density at radius 3 is 2.46 bits per heavy atom. The van der Waals surface area contributed by atoms with Crippen molar-refractivity contribution in [3.05, 3.63) is 72.8 Å². The van der Waals surface area contributed by atoms with Crippen molar-refractivity contribution in [3.8, 4) is 28.6 Å². The van der Waals surface area contributed by atoms with Crippen LogP contribution in [0.5, 0.6) is 17.4 Å². The first-order chi connectivity index (χ1) is 17.0. The molecule has 0 aliphatic rings. The molecule has 0 aliphatic carbocycles. The summed E-state index contributed by atoms with van der Waals surface area (Å²) >= 11 is 0. The molecule has 0 unspecified atom stereocenters. The first kappa shape index (κ1) is 26.4. The maximum absolute atomic E-state index is 10.6. The lowest BCUT2D eigenvalue weighted by atomic mass is 10.1. The van der Waals surface area contributed by atoms with Crippen LogP contribution < -0.4 is 9.47 Å². The largest absolute Gasteiger partial charge is 0.497 e. The third-order valence-electron chi connectivity index (χ3n) is 5.42. The number of nitrogens with zero attached hydrogens (tertiary/aromatic N) is 3. The summed E-state index contributed by atoms with van der Waals surface area (Å²) in [5.41, 5.74) is 2.74. The van der Waals surface area contributed by atoms with Gasteiger partial charge >= 0.3 is 0 Å². The fraction of sp³-hybridized carbons (Fsp3) is 0.370. The quantitative estimate of drug-likeness (QED) is 0.261. The Labute approximate surface area is 207 Å². The van der Waals surface area contributed by atoms with Gasteiger partial charge in [0.05, 0.1) is 38.6 Å². The van der Waals surface area contributed by atoms with Crippen LogP contribution in [0, 0.1) is 0 Å². The molecule has 8 heteroatoms. The highest BCUT2D eigenvalue weighted by molar-refractivity contribution is 5.65. The van der Waals surface area contributed by atoms with Gasteiger partial charge in [0, 0.05) is 39.4 Å². The molecule has 0 spiro atoms. The lowest BCUT2D eigenvalue weighted by molar-refractivity contribution is 0.0193. The van der Waals surface area contributed by atoms with Crippen LogP contribution in [-0.4, -0.2) is 73.0 Å². The summed E-state index contributed by atoms with van der Waals surface area (Å²) in [6, 6.07) is 17.4. The summed E-state index contributed by atoms with van der Waals surface area (Å²) in [5.74, 6) is 2.07. The van der Waals surface area contributed by atoms with Gasteiger partial charge in [0.15, 0.2) is 0 Å². The van der Waals surface area contributed by atoms with E-state index in [9.17, 15) is 5.11 Å². The highest BCUT2D eigenvalue weighted by atomic mass is 16.5. The van der Waals surface area contributed by atoms with Crippen molar-refractivity contribution in [1.82, 2.24) is 14.7 Å². The first-order valence-electron chi connectivity index (χ1n) is 11.6. The molecule has 3 rings (SSSR count). The van der Waals surface area contributed by atoms with E-state index in [0.717, 1.165) is 22.6 Å². The van der Waals surface area contributed by atoms with Gasteiger partial charge in [0.2, 0.25) is 5.88 Å². The van der Waals surface area contributed by atoms with Gasteiger partial charge in [-0.1, -0.05) is 36.4 Å². The minimum Gasteiger partial charge on any atom is -0.497 e. The molecule has 0 amide bonds. The Morgan fingerprint density at radius 2 is 1.80 bits per heavy atom. The van der Waals surface area contributed by atoms with Crippen LogP contribution >= 0.6 is 0 Å². The van der Waals surface area contributed by atoms with Crippen LogP contribution in [-0.2, 0) is 23.1 Å². The molecule has 0 saturated heterocycles. The molecule has 0 fully saturated rings. The Bertz CT molecular complexity index is 1040. The summed E-state index contributed by atoms with van der Waals surface area (Å²) in [4.78, 5) is 2.12. The summed E-state index contributed by atoms with van der Waals surface area (Å²) in [7, 11) is 5.17. The molecule has 0 radical (unpaired) electrons. The van der Waals surface area contributed by atoms with Gasteiger partial charge in [0.25, 0.3) is 0 Å².